The Hall–Kier alpha value is -3.72. The fraction of sp³-hybridized carbons (Fsp3) is 0. The minimum absolute atomic E-state index is 0.131. The van der Waals surface area contributed by atoms with E-state index in [2.05, 4.69) is 10.1 Å². The van der Waals surface area contributed by atoms with Crippen LogP contribution >= 0.6 is 11.6 Å². The van der Waals surface area contributed by atoms with E-state index in [4.69, 9.17) is 16.4 Å². The normalized spacial score (nSPS) is 11.2. The van der Waals surface area contributed by atoms with Gasteiger partial charge >= 0.3 is 5.97 Å². The molecule has 0 spiro atoms. The van der Waals surface area contributed by atoms with Crippen molar-refractivity contribution in [1.29, 1.82) is 0 Å². The van der Waals surface area contributed by atoms with E-state index in [0.29, 0.717) is 23.3 Å². The molecule has 146 valence electrons. The lowest BCUT2D eigenvalue weighted by Gasteiger charge is -2.07. The summed E-state index contributed by atoms with van der Waals surface area (Å²) in [5.41, 5.74) is 0.527. The SMILES string of the molecule is O=C(O/N=C(\c1ccncc1)c1ccc([N+](=O)[O-])cc1)c1cc(F)c(F)cc1Cl. The second-order valence-corrected chi connectivity index (χ2v) is 6.01. The van der Waals surface area contributed by atoms with E-state index in [9.17, 15) is 23.7 Å². The Balaban J connectivity index is 1.96. The highest BCUT2D eigenvalue weighted by atomic mass is 35.5. The number of non-ortho nitro benzene ring substituents is 1. The number of carbonyl (C=O) groups is 1. The maximum absolute atomic E-state index is 13.4. The zero-order valence-electron chi connectivity index (χ0n) is 14.4. The number of nitro benzene ring substituents is 1. The van der Waals surface area contributed by atoms with Crippen molar-refractivity contribution >= 4 is 29.0 Å². The monoisotopic (exact) mass is 417 g/mol. The van der Waals surface area contributed by atoms with E-state index in [1.54, 1.807) is 12.1 Å². The summed E-state index contributed by atoms with van der Waals surface area (Å²) in [6, 6.07) is 9.80. The first-order chi connectivity index (χ1) is 13.9. The predicted molar refractivity (Wildman–Crippen MR) is 99.8 cm³/mol. The van der Waals surface area contributed by atoms with Crippen LogP contribution in [-0.4, -0.2) is 21.6 Å². The maximum Gasteiger partial charge on any atom is 0.367 e. The van der Waals surface area contributed by atoms with Gasteiger partial charge in [0.1, 0.15) is 5.71 Å². The van der Waals surface area contributed by atoms with Gasteiger partial charge in [-0.25, -0.2) is 13.6 Å². The van der Waals surface area contributed by atoms with Crippen LogP contribution in [0.4, 0.5) is 14.5 Å². The molecule has 0 atom stereocenters. The number of oxime groups is 1. The number of nitro groups is 1. The molecule has 0 fully saturated rings. The van der Waals surface area contributed by atoms with Gasteiger partial charge < -0.3 is 4.84 Å². The van der Waals surface area contributed by atoms with E-state index >= 15 is 0 Å². The molecule has 0 amide bonds. The van der Waals surface area contributed by atoms with Crippen LogP contribution < -0.4 is 0 Å². The van der Waals surface area contributed by atoms with Crippen LogP contribution in [0.25, 0.3) is 0 Å². The lowest BCUT2D eigenvalue weighted by atomic mass is 10.0. The molecule has 0 bridgehead atoms. The van der Waals surface area contributed by atoms with Crippen molar-refractivity contribution in [3.05, 3.63) is 104 Å². The van der Waals surface area contributed by atoms with Crippen LogP contribution in [0.5, 0.6) is 0 Å². The molecule has 0 saturated carbocycles. The molecule has 2 aromatic carbocycles. The third-order valence-corrected chi connectivity index (χ3v) is 4.07. The van der Waals surface area contributed by atoms with Crippen molar-refractivity contribution < 1.29 is 23.3 Å². The van der Waals surface area contributed by atoms with Gasteiger partial charge in [-0.2, -0.15) is 0 Å². The van der Waals surface area contributed by atoms with Crippen LogP contribution in [0.3, 0.4) is 0 Å². The topological polar surface area (TPSA) is 94.7 Å². The minimum Gasteiger partial charge on any atom is -0.312 e. The van der Waals surface area contributed by atoms with Crippen LogP contribution in [0, 0.1) is 21.7 Å². The highest BCUT2D eigenvalue weighted by molar-refractivity contribution is 6.33. The summed E-state index contributed by atoms with van der Waals surface area (Å²) >= 11 is 5.76. The summed E-state index contributed by atoms with van der Waals surface area (Å²) in [6.07, 6.45) is 2.95. The highest BCUT2D eigenvalue weighted by Gasteiger charge is 2.18. The van der Waals surface area contributed by atoms with Gasteiger partial charge in [0.25, 0.3) is 5.69 Å². The van der Waals surface area contributed by atoms with Crippen LogP contribution in [-0.2, 0) is 4.84 Å². The molecule has 10 heteroatoms. The Morgan fingerprint density at radius 1 is 1.03 bits per heavy atom. The van der Waals surface area contributed by atoms with Crippen molar-refractivity contribution in [1.82, 2.24) is 4.98 Å². The van der Waals surface area contributed by atoms with Gasteiger partial charge in [-0.05, 0) is 36.4 Å². The van der Waals surface area contributed by atoms with E-state index < -0.39 is 28.1 Å². The second-order valence-electron chi connectivity index (χ2n) is 5.60. The minimum atomic E-state index is -1.27. The molecule has 3 aromatic rings. The Morgan fingerprint density at radius 2 is 1.62 bits per heavy atom. The summed E-state index contributed by atoms with van der Waals surface area (Å²) in [5, 5.41) is 14.3. The number of hydrogen-bond donors (Lipinski definition) is 0. The van der Waals surface area contributed by atoms with Crippen molar-refractivity contribution in [3.8, 4) is 0 Å². The molecule has 1 heterocycles. The van der Waals surface area contributed by atoms with Gasteiger partial charge in [0.05, 0.1) is 15.5 Å². The Morgan fingerprint density at radius 3 is 2.24 bits per heavy atom. The van der Waals surface area contributed by atoms with Gasteiger partial charge in [-0.15, -0.1) is 0 Å². The standard InChI is InChI=1S/C19H10ClF2N3O4/c20-15-10-17(22)16(21)9-14(15)19(26)29-24-18(12-5-7-23-8-6-12)11-1-3-13(4-2-11)25(27)28/h1-10H/b24-18-. The Bertz CT molecular complexity index is 1110. The number of benzene rings is 2. The number of nitrogens with zero attached hydrogens (tertiary/aromatic N) is 3. The lowest BCUT2D eigenvalue weighted by molar-refractivity contribution is -0.384. The smallest absolute Gasteiger partial charge is 0.312 e. The number of rotatable bonds is 5. The van der Waals surface area contributed by atoms with E-state index in [-0.39, 0.29) is 16.4 Å². The summed E-state index contributed by atoms with van der Waals surface area (Å²) in [7, 11) is 0. The average Bonchev–Trinajstić information content (AvgIpc) is 2.72. The number of halogens is 3. The van der Waals surface area contributed by atoms with Gasteiger partial charge in [-0.1, -0.05) is 16.8 Å². The number of pyridine rings is 1. The van der Waals surface area contributed by atoms with Crippen molar-refractivity contribution in [2.24, 2.45) is 5.16 Å². The van der Waals surface area contributed by atoms with Gasteiger partial charge in [0.15, 0.2) is 11.6 Å². The Kier molecular flexibility index (Phi) is 5.89. The summed E-state index contributed by atoms with van der Waals surface area (Å²) in [4.78, 5) is 31.3. The molecule has 0 aliphatic rings. The van der Waals surface area contributed by atoms with Crippen molar-refractivity contribution in [2.45, 2.75) is 0 Å². The summed E-state index contributed by atoms with van der Waals surface area (Å²) in [5.74, 6) is -3.59. The molecule has 0 N–H and O–H groups in total. The molecule has 0 unspecified atom stereocenters. The fourth-order valence-corrected chi connectivity index (χ4v) is 2.57. The zero-order chi connectivity index (χ0) is 21.0. The number of hydrogen-bond acceptors (Lipinski definition) is 6. The van der Waals surface area contributed by atoms with Gasteiger partial charge in [-0.3, -0.25) is 15.1 Å². The molecule has 0 saturated heterocycles. The summed E-state index contributed by atoms with van der Waals surface area (Å²) in [6.45, 7) is 0. The van der Waals surface area contributed by atoms with Gasteiger partial charge in [0.2, 0.25) is 0 Å². The molecule has 0 radical (unpaired) electrons. The Labute approximate surface area is 167 Å². The van der Waals surface area contributed by atoms with E-state index in [1.807, 2.05) is 0 Å². The second kappa shape index (κ2) is 8.53. The third-order valence-electron chi connectivity index (χ3n) is 3.76. The molecular formula is C19H10ClF2N3O4. The molecule has 0 aliphatic heterocycles. The molecular weight excluding hydrogens is 408 g/mol. The molecule has 29 heavy (non-hydrogen) atoms. The molecule has 3 rings (SSSR count). The van der Waals surface area contributed by atoms with Gasteiger partial charge in [0, 0.05) is 35.7 Å². The van der Waals surface area contributed by atoms with Crippen LogP contribution in [0.1, 0.15) is 21.5 Å². The first kappa shape index (κ1) is 20.0. The van der Waals surface area contributed by atoms with Crippen molar-refractivity contribution in [2.75, 3.05) is 0 Å². The maximum atomic E-state index is 13.4. The molecule has 7 nitrogen and oxygen atoms in total. The average molecular weight is 418 g/mol. The lowest BCUT2D eigenvalue weighted by Crippen LogP contribution is -2.09. The molecule has 0 aliphatic carbocycles. The first-order valence-corrected chi connectivity index (χ1v) is 8.33. The fourth-order valence-electron chi connectivity index (χ4n) is 2.34. The van der Waals surface area contributed by atoms with E-state index in [1.165, 1.54) is 36.7 Å². The predicted octanol–water partition coefficient (Wildman–Crippen LogP) is 4.53. The van der Waals surface area contributed by atoms with Crippen LogP contribution in [0.2, 0.25) is 5.02 Å². The van der Waals surface area contributed by atoms with Crippen molar-refractivity contribution in [3.63, 3.8) is 0 Å². The third kappa shape index (κ3) is 4.58. The van der Waals surface area contributed by atoms with Crippen LogP contribution in [0.15, 0.2) is 66.1 Å². The molecule has 1 aromatic heterocycles. The quantitative estimate of drug-likeness (QED) is 0.200. The highest BCUT2D eigenvalue weighted by Crippen LogP contribution is 2.22. The zero-order valence-corrected chi connectivity index (χ0v) is 15.1. The number of aromatic nitrogens is 1. The largest absolute Gasteiger partial charge is 0.367 e. The van der Waals surface area contributed by atoms with E-state index in [0.717, 1.165) is 0 Å². The number of carbonyl (C=O) groups excluding carboxylic acids is 1. The summed E-state index contributed by atoms with van der Waals surface area (Å²) < 4.78 is 26.6. The first-order valence-electron chi connectivity index (χ1n) is 7.96.